The third-order valence-electron chi connectivity index (χ3n) is 7.44. The minimum Gasteiger partial charge on any atom is -0.544 e. The van der Waals surface area contributed by atoms with Crippen LogP contribution in [0.25, 0.3) is 10.6 Å². The van der Waals surface area contributed by atoms with Crippen LogP contribution in [0.2, 0.25) is 36.3 Å². The summed E-state index contributed by atoms with van der Waals surface area (Å²) in [6.45, 7) is 22.1. The molecule has 1 atom stereocenters. The summed E-state index contributed by atoms with van der Waals surface area (Å²) in [5, 5.41) is 11.5. The molecule has 34 heavy (non-hydrogen) atoms. The van der Waals surface area contributed by atoms with Crippen molar-refractivity contribution in [3.63, 3.8) is 0 Å². The first-order valence-corrected chi connectivity index (χ1v) is 18.0. The van der Waals surface area contributed by atoms with E-state index in [4.69, 9.17) is 25.2 Å². The first kappa shape index (κ1) is 26.9. The van der Waals surface area contributed by atoms with Gasteiger partial charge in [-0.1, -0.05) is 65.3 Å². The second-order valence-corrected chi connectivity index (χ2v) is 21.9. The van der Waals surface area contributed by atoms with Crippen molar-refractivity contribution in [2.45, 2.75) is 84.1 Å². The summed E-state index contributed by atoms with van der Waals surface area (Å²) in [4.78, 5) is 0. The first-order chi connectivity index (χ1) is 15.4. The molecule has 2 aromatic carbocycles. The average molecular weight is 519 g/mol. The summed E-state index contributed by atoms with van der Waals surface area (Å²) < 4.78 is 18.7. The van der Waals surface area contributed by atoms with Gasteiger partial charge in [-0.25, -0.2) is 0 Å². The number of aliphatic hydroxyl groups is 1. The molecule has 0 amide bonds. The van der Waals surface area contributed by atoms with Gasteiger partial charge in [0.25, 0.3) is 0 Å². The van der Waals surface area contributed by atoms with Gasteiger partial charge in [0.15, 0.2) is 0 Å². The van der Waals surface area contributed by atoms with Crippen LogP contribution in [-0.2, 0) is 0 Å². The van der Waals surface area contributed by atoms with E-state index in [0.29, 0.717) is 16.4 Å². The van der Waals surface area contributed by atoms with E-state index in [1.165, 1.54) is 0 Å². The highest BCUT2D eigenvalue weighted by Crippen LogP contribution is 2.45. The normalized spacial score (nSPS) is 17.2. The number of fused-ring (bicyclic) bond motifs is 1. The standard InChI is InChI=1S/C27H39ClO4Si2/c1-26(2,3)33(7,8)31-19-13-11-18(12-14-19)23-24(28)21-16-15-20(17-22(21)30-25(23)29)32-34(9,10)27(4,5)6/h11-17,25,29H,1-10H3. The smallest absolute Gasteiger partial charge is 0.250 e. The quantitative estimate of drug-likeness (QED) is 0.404. The lowest BCUT2D eigenvalue weighted by atomic mass is 9.99. The van der Waals surface area contributed by atoms with Gasteiger partial charge in [0.2, 0.25) is 22.9 Å². The zero-order valence-corrected chi connectivity index (χ0v) is 24.9. The third kappa shape index (κ3) is 5.40. The van der Waals surface area contributed by atoms with Crippen LogP contribution >= 0.6 is 11.6 Å². The van der Waals surface area contributed by atoms with Crippen LogP contribution in [0.3, 0.4) is 0 Å². The Morgan fingerprint density at radius 1 is 0.794 bits per heavy atom. The molecule has 0 saturated carbocycles. The van der Waals surface area contributed by atoms with Crippen LogP contribution in [0.1, 0.15) is 52.7 Å². The Labute approximate surface area is 212 Å². The van der Waals surface area contributed by atoms with Crippen LogP contribution in [0.15, 0.2) is 42.5 Å². The van der Waals surface area contributed by atoms with Crippen LogP contribution in [0.5, 0.6) is 17.2 Å². The van der Waals surface area contributed by atoms with Gasteiger partial charge < -0.3 is 18.7 Å². The highest BCUT2D eigenvalue weighted by atomic mass is 35.5. The second-order valence-electron chi connectivity index (χ2n) is 12.1. The van der Waals surface area contributed by atoms with Crippen molar-refractivity contribution in [1.29, 1.82) is 0 Å². The molecule has 0 fully saturated rings. The molecule has 0 saturated heterocycles. The molecular weight excluding hydrogens is 480 g/mol. The van der Waals surface area contributed by atoms with Crippen molar-refractivity contribution >= 4 is 38.8 Å². The molecule has 0 spiro atoms. The summed E-state index contributed by atoms with van der Waals surface area (Å²) in [6.07, 6.45) is -1.17. The number of ether oxygens (including phenoxy) is 1. The highest BCUT2D eigenvalue weighted by molar-refractivity contribution is 6.75. The van der Waals surface area contributed by atoms with Crippen LogP contribution in [0.4, 0.5) is 0 Å². The Bertz CT molecular complexity index is 1080. The maximum atomic E-state index is 10.8. The Morgan fingerprint density at radius 2 is 1.26 bits per heavy atom. The van der Waals surface area contributed by atoms with Crippen molar-refractivity contribution < 1.29 is 18.7 Å². The molecule has 1 unspecified atom stereocenters. The molecule has 1 aliphatic heterocycles. The largest absolute Gasteiger partial charge is 0.544 e. The topological polar surface area (TPSA) is 47.9 Å². The molecule has 1 N–H and O–H groups in total. The predicted molar refractivity (Wildman–Crippen MR) is 148 cm³/mol. The lowest BCUT2D eigenvalue weighted by Crippen LogP contribution is -2.43. The molecule has 0 radical (unpaired) electrons. The van der Waals surface area contributed by atoms with Gasteiger partial charge >= 0.3 is 0 Å². The molecule has 2 aromatic rings. The fourth-order valence-electron chi connectivity index (χ4n) is 3.14. The summed E-state index contributed by atoms with van der Waals surface area (Å²) in [5.41, 5.74) is 2.09. The van der Waals surface area contributed by atoms with Crippen molar-refractivity contribution in [1.82, 2.24) is 0 Å². The molecule has 0 aliphatic carbocycles. The van der Waals surface area contributed by atoms with Gasteiger partial charge in [0.05, 0.1) is 5.03 Å². The van der Waals surface area contributed by atoms with E-state index >= 15 is 0 Å². The summed E-state index contributed by atoms with van der Waals surface area (Å²) in [6, 6.07) is 13.4. The molecule has 1 heterocycles. The zero-order chi connectivity index (χ0) is 25.7. The van der Waals surface area contributed by atoms with E-state index in [0.717, 1.165) is 22.6 Å². The fourth-order valence-corrected chi connectivity index (χ4v) is 5.56. The monoisotopic (exact) mass is 518 g/mol. The van der Waals surface area contributed by atoms with E-state index < -0.39 is 22.9 Å². The van der Waals surface area contributed by atoms with Gasteiger partial charge in [0.1, 0.15) is 17.2 Å². The zero-order valence-electron chi connectivity index (χ0n) is 22.2. The lowest BCUT2D eigenvalue weighted by molar-refractivity contribution is 0.0317. The van der Waals surface area contributed by atoms with Gasteiger partial charge in [0, 0.05) is 17.2 Å². The van der Waals surface area contributed by atoms with E-state index in [9.17, 15) is 5.11 Å². The molecule has 4 nitrogen and oxygen atoms in total. The molecule has 0 aromatic heterocycles. The Morgan fingerprint density at radius 3 is 1.76 bits per heavy atom. The summed E-state index contributed by atoms with van der Waals surface area (Å²) in [5.74, 6) is 2.08. The molecule has 7 heteroatoms. The Kier molecular flexibility index (Phi) is 7.15. The minimum absolute atomic E-state index is 0.0778. The lowest BCUT2D eigenvalue weighted by Gasteiger charge is -2.37. The van der Waals surface area contributed by atoms with Crippen molar-refractivity contribution in [2.24, 2.45) is 0 Å². The van der Waals surface area contributed by atoms with E-state index in [-0.39, 0.29) is 10.1 Å². The van der Waals surface area contributed by atoms with Gasteiger partial charge in [-0.05, 0) is 66.1 Å². The predicted octanol–water partition coefficient (Wildman–Crippen LogP) is 8.27. The third-order valence-corrected chi connectivity index (χ3v) is 16.6. The Balaban J connectivity index is 1.89. The molecule has 3 rings (SSSR count). The van der Waals surface area contributed by atoms with E-state index in [1.54, 1.807) is 0 Å². The minimum atomic E-state index is -2.00. The summed E-state index contributed by atoms with van der Waals surface area (Å²) >= 11 is 6.79. The van der Waals surface area contributed by atoms with Gasteiger partial charge in [-0.3, -0.25) is 0 Å². The highest BCUT2D eigenvalue weighted by Gasteiger charge is 2.40. The van der Waals surface area contributed by atoms with Crippen molar-refractivity contribution in [3.05, 3.63) is 53.6 Å². The number of halogens is 1. The van der Waals surface area contributed by atoms with Crippen LogP contribution in [0, 0.1) is 0 Å². The number of benzene rings is 2. The summed E-state index contributed by atoms with van der Waals surface area (Å²) in [7, 11) is -3.93. The van der Waals surface area contributed by atoms with Crippen LogP contribution < -0.4 is 13.6 Å². The molecule has 186 valence electrons. The SMILES string of the molecule is CC(C)(C)[Si](C)(C)Oc1ccc(C2=C(Cl)c3ccc(O[Si](C)(C)C(C)(C)C)cc3OC2O)cc1. The Hall–Kier alpha value is -1.74. The number of aliphatic hydroxyl groups excluding tert-OH is 1. The first-order valence-electron chi connectivity index (χ1n) is 11.8. The maximum Gasteiger partial charge on any atom is 0.250 e. The van der Waals surface area contributed by atoms with Crippen molar-refractivity contribution in [3.8, 4) is 17.2 Å². The molecule has 1 aliphatic rings. The number of hydrogen-bond acceptors (Lipinski definition) is 4. The molecule has 0 bridgehead atoms. The van der Waals surface area contributed by atoms with Gasteiger partial charge in [-0.2, -0.15) is 0 Å². The average Bonchev–Trinajstić information content (AvgIpc) is 2.66. The van der Waals surface area contributed by atoms with Crippen molar-refractivity contribution in [2.75, 3.05) is 0 Å². The second kappa shape index (κ2) is 9.05. The number of rotatable bonds is 5. The van der Waals surface area contributed by atoms with Gasteiger partial charge in [-0.15, -0.1) is 0 Å². The van der Waals surface area contributed by atoms with Crippen LogP contribution in [-0.4, -0.2) is 28.0 Å². The maximum absolute atomic E-state index is 10.8. The molecular formula is C27H39ClO4Si2. The van der Waals surface area contributed by atoms with E-state index in [1.807, 2.05) is 42.5 Å². The van der Waals surface area contributed by atoms with E-state index in [2.05, 4.69) is 67.7 Å². The fraction of sp³-hybridized carbons (Fsp3) is 0.481. The number of hydrogen-bond donors (Lipinski definition) is 1.